The lowest BCUT2D eigenvalue weighted by Gasteiger charge is -2.34. The first-order valence-corrected chi connectivity index (χ1v) is 3.30. The fraction of sp³-hybridized carbons (Fsp3) is 1.00. The van der Waals surface area contributed by atoms with E-state index in [4.69, 9.17) is 21.8 Å². The van der Waals surface area contributed by atoms with Crippen LogP contribution in [0.4, 0.5) is 0 Å². The van der Waals surface area contributed by atoms with Crippen LogP contribution >= 0.6 is 12.4 Å². The van der Waals surface area contributed by atoms with Crippen molar-refractivity contribution in [2.24, 2.45) is 0 Å². The third-order valence-electron chi connectivity index (χ3n) is 1.65. The number of hydrogen-bond donors (Lipinski definition) is 4. The maximum Gasteiger partial charge on any atom is 0.111 e. The molecule has 1 unspecified atom stereocenters. The molecule has 0 bridgehead atoms. The van der Waals surface area contributed by atoms with Crippen molar-refractivity contribution >= 4 is 12.4 Å². The Hall–Kier alpha value is 0.0900. The van der Waals surface area contributed by atoms with Crippen molar-refractivity contribution in [3.63, 3.8) is 0 Å². The van der Waals surface area contributed by atoms with E-state index in [0.29, 0.717) is 0 Å². The molecule has 0 aromatic heterocycles. The highest BCUT2D eigenvalue weighted by atomic mass is 35.5. The molecule has 1 heterocycles. The summed E-state index contributed by atoms with van der Waals surface area (Å²) in [6.45, 7) is -1.80. The topological polar surface area (TPSA) is 90.2 Å². The van der Waals surface area contributed by atoms with Gasteiger partial charge in [0, 0.05) is 0 Å². The molecule has 5 atom stereocenters. The first kappa shape index (κ1) is 10.2. The minimum atomic E-state index is -1.43. The van der Waals surface area contributed by atoms with Gasteiger partial charge in [-0.25, -0.2) is 0 Å². The van der Waals surface area contributed by atoms with E-state index in [0.717, 1.165) is 0 Å². The third kappa shape index (κ3) is 2.29. The van der Waals surface area contributed by atoms with Gasteiger partial charge >= 0.3 is 0 Å². The summed E-state index contributed by atoms with van der Waals surface area (Å²) in [6.07, 6.45) is -5.20. The molecule has 1 aliphatic heterocycles. The average molecular weight is 202 g/mol. The molecule has 74 valence electrons. The van der Waals surface area contributed by atoms with Crippen molar-refractivity contribution in [1.82, 2.24) is 0 Å². The summed E-state index contributed by atoms with van der Waals surface area (Å²) in [4.78, 5) is 0. The zero-order valence-corrected chi connectivity index (χ0v) is 7.02. The predicted molar refractivity (Wildman–Crippen MR) is 42.1 cm³/mol. The van der Waals surface area contributed by atoms with E-state index in [9.17, 15) is 0 Å². The van der Waals surface area contributed by atoms with Crippen LogP contribution in [0.5, 0.6) is 0 Å². The van der Waals surface area contributed by atoms with Crippen LogP contribution in [0, 0.1) is 0 Å². The van der Waals surface area contributed by atoms with Crippen LogP contribution < -0.4 is 0 Å². The van der Waals surface area contributed by atoms with Gasteiger partial charge < -0.3 is 25.2 Å². The second-order valence-corrected chi connectivity index (χ2v) is 2.46. The second-order valence-electron chi connectivity index (χ2n) is 2.46. The van der Waals surface area contributed by atoms with Gasteiger partial charge in [-0.3, -0.25) is 0 Å². The molecule has 0 aliphatic carbocycles. The molecule has 12 heavy (non-hydrogen) atoms. The number of aliphatic hydroxyl groups excluding tert-OH is 4. The Bertz CT molecular complexity index is 155. The lowest BCUT2D eigenvalue weighted by atomic mass is 10.0. The van der Waals surface area contributed by atoms with E-state index in [-0.39, 0.29) is 12.4 Å². The summed E-state index contributed by atoms with van der Waals surface area (Å²) in [6, 6.07) is 0. The van der Waals surface area contributed by atoms with Crippen molar-refractivity contribution < 1.29 is 26.5 Å². The summed E-state index contributed by atoms with van der Waals surface area (Å²) >= 11 is 0. The molecule has 0 spiro atoms. The average Bonchev–Trinajstić information content (AvgIpc) is 2.08. The summed E-state index contributed by atoms with van der Waals surface area (Å²) in [5.41, 5.74) is 0. The van der Waals surface area contributed by atoms with Crippen LogP contribution in [0.25, 0.3) is 0 Å². The molecule has 1 fully saturated rings. The Morgan fingerprint density at radius 1 is 1.33 bits per heavy atom. The van der Waals surface area contributed by atoms with Crippen LogP contribution in [0.2, 0.25) is 0 Å². The molecule has 0 aromatic carbocycles. The number of hydrogen-bond acceptors (Lipinski definition) is 5. The minimum Gasteiger partial charge on any atom is -0.394 e. The Kier molecular flexibility index (Phi) is 4.20. The highest BCUT2D eigenvalue weighted by molar-refractivity contribution is 5.85. The molecular formula is C6H13ClO5. The quantitative estimate of drug-likeness (QED) is 0.390. The molecule has 0 radical (unpaired) electrons. The minimum absolute atomic E-state index is 0. The highest BCUT2D eigenvalue weighted by Gasteiger charge is 2.36. The fourth-order valence-electron chi connectivity index (χ4n) is 0.915. The van der Waals surface area contributed by atoms with E-state index < -0.39 is 37.6 Å². The lowest BCUT2D eigenvalue weighted by molar-refractivity contribution is -0.195. The summed E-state index contributed by atoms with van der Waals surface area (Å²) in [5.74, 6) is 0. The largest absolute Gasteiger partial charge is 0.394 e. The van der Waals surface area contributed by atoms with Crippen LogP contribution in [-0.4, -0.2) is 58.0 Å². The van der Waals surface area contributed by atoms with Gasteiger partial charge in [0.2, 0.25) is 0 Å². The van der Waals surface area contributed by atoms with E-state index >= 15 is 0 Å². The molecule has 1 aliphatic rings. The van der Waals surface area contributed by atoms with Crippen LogP contribution in [0.3, 0.4) is 0 Å². The van der Waals surface area contributed by atoms with Crippen molar-refractivity contribution in [2.45, 2.75) is 24.4 Å². The molecule has 5 nitrogen and oxygen atoms in total. The smallest absolute Gasteiger partial charge is 0.111 e. The van der Waals surface area contributed by atoms with Crippen molar-refractivity contribution in [2.75, 3.05) is 13.2 Å². The molecule has 4 N–H and O–H groups in total. The summed E-state index contributed by atoms with van der Waals surface area (Å²) < 4.78 is 11.8. The first-order valence-electron chi connectivity index (χ1n) is 3.88. The van der Waals surface area contributed by atoms with Crippen molar-refractivity contribution in [3.05, 3.63) is 0 Å². The highest BCUT2D eigenvalue weighted by Crippen LogP contribution is 2.14. The Balaban J connectivity index is 0.00000144. The first-order chi connectivity index (χ1) is 5.57. The number of halogens is 1. The van der Waals surface area contributed by atoms with E-state index in [2.05, 4.69) is 4.74 Å². The standard InChI is InChI=1S/C6H12O5.ClH/c7-1-4-6(10)5(9)3(8)2-11-4;/h3-10H,1-2H2;1H/t3-,4+,5+,6+;/m0./s1/i2D;/t2?,3-,4+,5+,6+;. The normalized spacial score (nSPS) is 49.3. The number of rotatable bonds is 1. The Labute approximate surface area is 77.4 Å². The second kappa shape index (κ2) is 4.96. The van der Waals surface area contributed by atoms with Gasteiger partial charge in [-0.15, -0.1) is 12.4 Å². The third-order valence-corrected chi connectivity index (χ3v) is 1.65. The van der Waals surface area contributed by atoms with Gasteiger partial charge in [0.15, 0.2) is 0 Å². The summed E-state index contributed by atoms with van der Waals surface area (Å²) in [5, 5.41) is 35.9. The molecule has 0 amide bonds. The summed E-state index contributed by atoms with van der Waals surface area (Å²) in [7, 11) is 0. The molecular weight excluding hydrogens is 188 g/mol. The monoisotopic (exact) mass is 201 g/mol. The molecule has 0 saturated carbocycles. The van der Waals surface area contributed by atoms with Gasteiger partial charge in [-0.05, 0) is 0 Å². The number of aliphatic hydroxyl groups is 4. The van der Waals surface area contributed by atoms with Gasteiger partial charge in [0.1, 0.15) is 24.4 Å². The van der Waals surface area contributed by atoms with Crippen LogP contribution in [0.15, 0.2) is 0 Å². The van der Waals surface area contributed by atoms with Crippen molar-refractivity contribution in [3.8, 4) is 0 Å². The van der Waals surface area contributed by atoms with E-state index in [1.165, 1.54) is 0 Å². The van der Waals surface area contributed by atoms with E-state index in [1.807, 2.05) is 0 Å². The predicted octanol–water partition coefficient (Wildman–Crippen LogP) is -2.12. The fourth-order valence-corrected chi connectivity index (χ4v) is 0.915. The SMILES string of the molecule is Cl.[2H]C1O[C@H](CO)[C@@H](O)[C@H](O)[C@H]1O. The zero-order chi connectivity index (χ0) is 9.30. The maximum absolute atomic E-state index is 9.15. The Morgan fingerprint density at radius 3 is 2.42 bits per heavy atom. The zero-order valence-electron chi connectivity index (χ0n) is 7.20. The van der Waals surface area contributed by atoms with Gasteiger partial charge in [0.25, 0.3) is 0 Å². The Morgan fingerprint density at radius 2 is 1.92 bits per heavy atom. The molecule has 1 saturated heterocycles. The van der Waals surface area contributed by atoms with Gasteiger partial charge in [0.05, 0.1) is 14.6 Å². The van der Waals surface area contributed by atoms with Crippen LogP contribution in [-0.2, 0) is 4.74 Å². The lowest BCUT2D eigenvalue weighted by Crippen LogP contribution is -2.53. The van der Waals surface area contributed by atoms with Crippen LogP contribution in [0.1, 0.15) is 1.37 Å². The maximum atomic E-state index is 9.15. The number of ether oxygens (including phenoxy) is 1. The van der Waals surface area contributed by atoms with Gasteiger partial charge in [-0.2, -0.15) is 0 Å². The van der Waals surface area contributed by atoms with Gasteiger partial charge in [-0.1, -0.05) is 0 Å². The molecule has 6 heteroatoms. The molecule has 1 rings (SSSR count). The molecule has 0 aromatic rings. The van der Waals surface area contributed by atoms with E-state index in [1.54, 1.807) is 0 Å². The van der Waals surface area contributed by atoms with Crippen molar-refractivity contribution in [1.29, 1.82) is 0 Å².